The first-order valence-electron chi connectivity index (χ1n) is 2.90. The van der Waals surface area contributed by atoms with E-state index in [1.165, 1.54) is 0 Å². The van der Waals surface area contributed by atoms with Crippen LogP contribution in [0.2, 0.25) is 0 Å². The van der Waals surface area contributed by atoms with Crippen LogP contribution in [-0.2, 0) is 0 Å². The maximum atomic E-state index is 10.6. The van der Waals surface area contributed by atoms with E-state index in [2.05, 4.69) is 16.9 Å². The second-order valence-corrected chi connectivity index (χ2v) is 2.09. The Morgan fingerprint density at radius 1 is 1.70 bits per heavy atom. The summed E-state index contributed by atoms with van der Waals surface area (Å²) in [5.41, 5.74) is 0. The Bertz CT molecular complexity index is 219. The van der Waals surface area contributed by atoms with E-state index in [-0.39, 0.29) is 6.03 Å². The lowest BCUT2D eigenvalue weighted by Gasteiger charge is -2.24. The summed E-state index contributed by atoms with van der Waals surface area (Å²) in [6.07, 6.45) is 0. The highest BCUT2D eigenvalue weighted by molar-refractivity contribution is 5.96. The molecule has 1 rings (SSSR count). The fourth-order valence-corrected chi connectivity index (χ4v) is 0.653. The predicted octanol–water partition coefficient (Wildman–Crippen LogP) is 0.531. The molecule has 1 N–H and O–H groups in total. The Labute approximate surface area is 59.2 Å². The van der Waals surface area contributed by atoms with Crippen LogP contribution in [0.25, 0.3) is 0 Å². The third-order valence-corrected chi connectivity index (χ3v) is 1.40. The minimum Gasteiger partial charge on any atom is -0.320 e. The quantitative estimate of drug-likeness (QED) is 0.532. The molecule has 4 heteroatoms. The Balaban J connectivity index is 2.91. The van der Waals surface area contributed by atoms with E-state index in [1.807, 2.05) is 0 Å². The number of carbonyl (C=O) groups is 1. The van der Waals surface area contributed by atoms with Gasteiger partial charge < -0.3 is 4.90 Å². The van der Waals surface area contributed by atoms with Crippen molar-refractivity contribution in [1.82, 2.24) is 10.2 Å². The van der Waals surface area contributed by atoms with E-state index < -0.39 is 0 Å². The minimum absolute atomic E-state index is 0.347. The maximum Gasteiger partial charge on any atom is 0.348 e. The van der Waals surface area contributed by atoms with Gasteiger partial charge in [-0.25, -0.2) is 4.79 Å². The number of hydrogen-bond acceptors (Lipinski definition) is 2. The second-order valence-electron chi connectivity index (χ2n) is 2.09. The van der Waals surface area contributed by atoms with Crippen molar-refractivity contribution in [2.45, 2.75) is 6.92 Å². The Morgan fingerprint density at radius 3 is 2.80 bits per heavy atom. The van der Waals surface area contributed by atoms with E-state index >= 15 is 0 Å². The van der Waals surface area contributed by atoms with Crippen molar-refractivity contribution in [2.24, 2.45) is 4.99 Å². The van der Waals surface area contributed by atoms with Gasteiger partial charge in [-0.2, -0.15) is 4.99 Å². The molecule has 1 aliphatic heterocycles. The predicted molar refractivity (Wildman–Crippen MR) is 38.5 cm³/mol. The van der Waals surface area contributed by atoms with Crippen molar-refractivity contribution in [3.05, 3.63) is 12.4 Å². The van der Waals surface area contributed by atoms with Crippen LogP contribution in [0.1, 0.15) is 6.92 Å². The lowest BCUT2D eigenvalue weighted by Crippen LogP contribution is -2.39. The molecule has 0 saturated heterocycles. The zero-order chi connectivity index (χ0) is 7.72. The molecule has 1 aliphatic rings. The van der Waals surface area contributed by atoms with Gasteiger partial charge in [0.05, 0.1) is 0 Å². The number of nitrogens with one attached hydrogen (secondary N) is 1. The van der Waals surface area contributed by atoms with Crippen LogP contribution in [0, 0.1) is 0 Å². The van der Waals surface area contributed by atoms with Crippen molar-refractivity contribution in [1.29, 1.82) is 0 Å². The van der Waals surface area contributed by atoms with Crippen LogP contribution in [0.4, 0.5) is 4.79 Å². The molecule has 0 spiro atoms. The zero-order valence-electron chi connectivity index (χ0n) is 6.01. The SMILES string of the molecule is C=C1NC(=O)N=C(C)N1C. The van der Waals surface area contributed by atoms with Crippen LogP contribution in [0.15, 0.2) is 17.4 Å². The molecule has 4 nitrogen and oxygen atoms in total. The Hall–Kier alpha value is -1.32. The monoisotopic (exact) mass is 139 g/mol. The fraction of sp³-hybridized carbons (Fsp3) is 0.333. The van der Waals surface area contributed by atoms with Gasteiger partial charge in [0.15, 0.2) is 0 Å². The van der Waals surface area contributed by atoms with Crippen LogP contribution in [0.3, 0.4) is 0 Å². The Kier molecular flexibility index (Phi) is 1.45. The van der Waals surface area contributed by atoms with E-state index in [1.54, 1.807) is 18.9 Å². The molecule has 0 saturated carbocycles. The van der Waals surface area contributed by atoms with Gasteiger partial charge in [0.2, 0.25) is 0 Å². The van der Waals surface area contributed by atoms with Gasteiger partial charge in [-0.1, -0.05) is 6.58 Å². The number of nitrogens with zero attached hydrogens (tertiary/aromatic N) is 2. The van der Waals surface area contributed by atoms with Crippen LogP contribution in [-0.4, -0.2) is 23.8 Å². The molecule has 10 heavy (non-hydrogen) atoms. The van der Waals surface area contributed by atoms with Gasteiger partial charge in [0, 0.05) is 7.05 Å². The second kappa shape index (κ2) is 2.13. The van der Waals surface area contributed by atoms with Crippen molar-refractivity contribution in [3.8, 4) is 0 Å². The van der Waals surface area contributed by atoms with Gasteiger partial charge in [-0.15, -0.1) is 0 Å². The molecular weight excluding hydrogens is 130 g/mol. The number of rotatable bonds is 0. The topological polar surface area (TPSA) is 44.7 Å². The van der Waals surface area contributed by atoms with Crippen LogP contribution in [0.5, 0.6) is 0 Å². The zero-order valence-corrected chi connectivity index (χ0v) is 6.01. The molecule has 0 aliphatic carbocycles. The average molecular weight is 139 g/mol. The first-order valence-corrected chi connectivity index (χ1v) is 2.90. The molecule has 0 bridgehead atoms. The summed E-state index contributed by atoms with van der Waals surface area (Å²) in [6, 6.07) is -0.347. The summed E-state index contributed by atoms with van der Waals surface area (Å²) >= 11 is 0. The van der Waals surface area contributed by atoms with Crippen molar-refractivity contribution in [2.75, 3.05) is 7.05 Å². The van der Waals surface area contributed by atoms with Gasteiger partial charge >= 0.3 is 6.03 Å². The van der Waals surface area contributed by atoms with Crippen molar-refractivity contribution < 1.29 is 4.79 Å². The summed E-state index contributed by atoms with van der Waals surface area (Å²) in [5.74, 6) is 1.23. The summed E-state index contributed by atoms with van der Waals surface area (Å²) in [7, 11) is 1.79. The molecule has 0 atom stereocenters. The van der Waals surface area contributed by atoms with E-state index in [9.17, 15) is 4.79 Å². The highest BCUT2D eigenvalue weighted by Crippen LogP contribution is 2.02. The van der Waals surface area contributed by atoms with E-state index in [0.717, 1.165) is 0 Å². The molecule has 0 radical (unpaired) electrons. The van der Waals surface area contributed by atoms with Crippen molar-refractivity contribution in [3.63, 3.8) is 0 Å². The third kappa shape index (κ3) is 1.00. The highest BCUT2D eigenvalue weighted by Gasteiger charge is 2.14. The molecule has 1 heterocycles. The number of carbonyl (C=O) groups excluding carboxylic acids is 1. The molecule has 0 unspecified atom stereocenters. The molecule has 0 fully saturated rings. The first-order chi connectivity index (χ1) is 4.61. The van der Waals surface area contributed by atoms with Crippen molar-refractivity contribution >= 4 is 11.9 Å². The number of aliphatic imine (C=N–C) groups is 1. The summed E-state index contributed by atoms with van der Waals surface area (Å²) < 4.78 is 0. The number of hydrogen-bond donors (Lipinski definition) is 1. The highest BCUT2D eigenvalue weighted by atomic mass is 16.2. The largest absolute Gasteiger partial charge is 0.348 e. The van der Waals surface area contributed by atoms with Crippen LogP contribution < -0.4 is 5.32 Å². The molecular formula is C6H9N3O. The average Bonchev–Trinajstić information content (AvgIpc) is 1.82. The normalized spacial score (nSPS) is 18.6. The van der Waals surface area contributed by atoms with Gasteiger partial charge in [0.1, 0.15) is 11.7 Å². The summed E-state index contributed by atoms with van der Waals surface area (Å²) in [6.45, 7) is 5.36. The lowest BCUT2D eigenvalue weighted by molar-refractivity contribution is 0.247. The lowest BCUT2D eigenvalue weighted by atomic mass is 10.5. The molecule has 0 aromatic rings. The Morgan fingerprint density at radius 2 is 2.30 bits per heavy atom. The smallest absolute Gasteiger partial charge is 0.320 e. The van der Waals surface area contributed by atoms with Gasteiger partial charge in [-0.3, -0.25) is 5.32 Å². The molecule has 54 valence electrons. The number of amides is 2. The van der Waals surface area contributed by atoms with E-state index in [0.29, 0.717) is 11.7 Å². The number of amidine groups is 1. The summed E-state index contributed by atoms with van der Waals surface area (Å²) in [5, 5.41) is 2.46. The maximum absolute atomic E-state index is 10.6. The standard InChI is InChI=1S/C6H9N3O/c1-4-7-6(10)8-5(2)9(4)3/h1H2,2-3H3,(H,7,10). The molecule has 2 amide bonds. The summed E-state index contributed by atoms with van der Waals surface area (Å²) in [4.78, 5) is 16.0. The number of urea groups is 1. The van der Waals surface area contributed by atoms with E-state index in [4.69, 9.17) is 0 Å². The molecule has 0 aromatic heterocycles. The minimum atomic E-state index is -0.347. The fourth-order valence-electron chi connectivity index (χ4n) is 0.653. The molecule has 0 aromatic carbocycles. The third-order valence-electron chi connectivity index (χ3n) is 1.40. The van der Waals surface area contributed by atoms with Crippen LogP contribution >= 0.6 is 0 Å². The van der Waals surface area contributed by atoms with Gasteiger partial charge in [0.25, 0.3) is 0 Å². The van der Waals surface area contributed by atoms with Gasteiger partial charge in [-0.05, 0) is 6.92 Å². The first kappa shape index (κ1) is 6.80.